The summed E-state index contributed by atoms with van der Waals surface area (Å²) in [5.74, 6) is -1.17. The zero-order valence-electron chi connectivity index (χ0n) is 17.1. The molecule has 0 heterocycles. The standard InChI is InChI=1S/C23H22FN3O3S/c1-17-6-10-21(11-7-17)27(31(29,30)22-12-8-20(24)9-13-22)16-23(28)26-25-15-19-5-3-4-18(2)14-19/h3-15H,16H2,1-2H3,(H,26,28). The summed E-state index contributed by atoms with van der Waals surface area (Å²) in [5.41, 5.74) is 5.46. The van der Waals surface area contributed by atoms with Crippen molar-refractivity contribution in [2.75, 3.05) is 10.8 Å². The second kappa shape index (κ2) is 9.53. The largest absolute Gasteiger partial charge is 0.271 e. The normalized spacial score (nSPS) is 11.5. The second-order valence-corrected chi connectivity index (χ2v) is 8.87. The van der Waals surface area contributed by atoms with Crippen molar-refractivity contribution in [2.24, 2.45) is 5.10 Å². The van der Waals surface area contributed by atoms with Crippen LogP contribution in [0.2, 0.25) is 0 Å². The number of aryl methyl sites for hydroxylation is 2. The number of hydrogen-bond donors (Lipinski definition) is 1. The monoisotopic (exact) mass is 439 g/mol. The Kier molecular flexibility index (Phi) is 6.81. The molecule has 6 nitrogen and oxygen atoms in total. The predicted molar refractivity (Wildman–Crippen MR) is 119 cm³/mol. The number of hydrogen-bond acceptors (Lipinski definition) is 4. The fourth-order valence-electron chi connectivity index (χ4n) is 2.85. The first kappa shape index (κ1) is 22.2. The fourth-order valence-corrected chi connectivity index (χ4v) is 4.28. The molecule has 0 atom stereocenters. The van der Waals surface area contributed by atoms with Crippen LogP contribution >= 0.6 is 0 Å². The van der Waals surface area contributed by atoms with E-state index in [0.717, 1.165) is 33.1 Å². The number of benzene rings is 3. The van der Waals surface area contributed by atoms with Gasteiger partial charge in [-0.2, -0.15) is 5.10 Å². The molecule has 0 spiro atoms. The Labute approximate surface area is 181 Å². The highest BCUT2D eigenvalue weighted by molar-refractivity contribution is 7.92. The van der Waals surface area contributed by atoms with Crippen LogP contribution in [0.25, 0.3) is 0 Å². The van der Waals surface area contributed by atoms with Gasteiger partial charge in [-0.25, -0.2) is 18.2 Å². The van der Waals surface area contributed by atoms with Crippen LogP contribution in [0.1, 0.15) is 16.7 Å². The van der Waals surface area contributed by atoms with E-state index in [1.807, 2.05) is 38.1 Å². The molecule has 1 amide bonds. The molecule has 0 saturated carbocycles. The van der Waals surface area contributed by atoms with Gasteiger partial charge in [0.1, 0.15) is 12.4 Å². The SMILES string of the molecule is Cc1ccc(N(CC(=O)NN=Cc2cccc(C)c2)S(=O)(=O)c2ccc(F)cc2)cc1. The van der Waals surface area contributed by atoms with Gasteiger partial charge in [-0.05, 0) is 55.8 Å². The molecule has 0 aromatic heterocycles. The van der Waals surface area contributed by atoms with E-state index in [9.17, 15) is 17.6 Å². The lowest BCUT2D eigenvalue weighted by molar-refractivity contribution is -0.119. The minimum atomic E-state index is -4.11. The maximum Gasteiger partial charge on any atom is 0.264 e. The number of hydrazone groups is 1. The number of rotatable bonds is 7. The molecule has 3 rings (SSSR count). The molecule has 0 fully saturated rings. The van der Waals surface area contributed by atoms with Gasteiger partial charge < -0.3 is 0 Å². The average molecular weight is 440 g/mol. The first-order valence-electron chi connectivity index (χ1n) is 9.49. The van der Waals surface area contributed by atoms with Crippen LogP contribution in [0.4, 0.5) is 10.1 Å². The molecule has 31 heavy (non-hydrogen) atoms. The van der Waals surface area contributed by atoms with Crippen LogP contribution in [0.3, 0.4) is 0 Å². The molecule has 0 aliphatic carbocycles. The van der Waals surface area contributed by atoms with Crippen LogP contribution in [0.15, 0.2) is 82.8 Å². The molecule has 0 unspecified atom stereocenters. The van der Waals surface area contributed by atoms with Gasteiger partial charge in [0.05, 0.1) is 16.8 Å². The van der Waals surface area contributed by atoms with Crippen LogP contribution in [0, 0.1) is 19.7 Å². The molecule has 160 valence electrons. The van der Waals surface area contributed by atoms with Crippen molar-refractivity contribution in [3.63, 3.8) is 0 Å². The third-order valence-electron chi connectivity index (χ3n) is 4.46. The summed E-state index contributed by atoms with van der Waals surface area (Å²) < 4.78 is 40.6. The minimum absolute atomic E-state index is 0.120. The average Bonchev–Trinajstić information content (AvgIpc) is 2.73. The Hall–Kier alpha value is -3.52. The van der Waals surface area contributed by atoms with E-state index < -0.39 is 28.3 Å². The van der Waals surface area contributed by atoms with Gasteiger partial charge in [-0.3, -0.25) is 9.10 Å². The van der Waals surface area contributed by atoms with Crippen molar-refractivity contribution in [3.05, 3.63) is 95.3 Å². The minimum Gasteiger partial charge on any atom is -0.271 e. The van der Waals surface area contributed by atoms with Gasteiger partial charge in [0.15, 0.2) is 0 Å². The molecule has 0 aliphatic rings. The lowest BCUT2D eigenvalue weighted by Crippen LogP contribution is -2.39. The summed E-state index contributed by atoms with van der Waals surface area (Å²) in [4.78, 5) is 12.4. The summed E-state index contributed by atoms with van der Waals surface area (Å²) in [6.07, 6.45) is 1.48. The lowest BCUT2D eigenvalue weighted by Gasteiger charge is -2.23. The van der Waals surface area contributed by atoms with Crippen LogP contribution in [-0.4, -0.2) is 27.1 Å². The Balaban J connectivity index is 1.83. The predicted octanol–water partition coefficient (Wildman–Crippen LogP) is 3.79. The molecule has 8 heteroatoms. The quantitative estimate of drug-likeness (QED) is 0.449. The van der Waals surface area contributed by atoms with Gasteiger partial charge in [0.2, 0.25) is 0 Å². The van der Waals surface area contributed by atoms with Crippen molar-refractivity contribution in [3.8, 4) is 0 Å². The van der Waals surface area contributed by atoms with Crippen molar-refractivity contribution >= 4 is 27.8 Å². The number of nitrogens with one attached hydrogen (secondary N) is 1. The number of amides is 1. The number of nitrogens with zero attached hydrogens (tertiary/aromatic N) is 2. The molecular weight excluding hydrogens is 417 g/mol. The van der Waals surface area contributed by atoms with Crippen LogP contribution in [0.5, 0.6) is 0 Å². The molecule has 3 aromatic carbocycles. The number of anilines is 1. The smallest absolute Gasteiger partial charge is 0.264 e. The van der Waals surface area contributed by atoms with Gasteiger partial charge in [0.25, 0.3) is 15.9 Å². The van der Waals surface area contributed by atoms with Crippen molar-refractivity contribution in [2.45, 2.75) is 18.7 Å². The topological polar surface area (TPSA) is 78.8 Å². The highest BCUT2D eigenvalue weighted by Gasteiger charge is 2.27. The van der Waals surface area contributed by atoms with E-state index in [0.29, 0.717) is 5.69 Å². The Morgan fingerprint density at radius 2 is 1.68 bits per heavy atom. The Morgan fingerprint density at radius 1 is 1.00 bits per heavy atom. The van der Waals surface area contributed by atoms with Gasteiger partial charge in [-0.15, -0.1) is 0 Å². The Bertz CT molecular complexity index is 1190. The third-order valence-corrected chi connectivity index (χ3v) is 6.24. The summed E-state index contributed by atoms with van der Waals surface area (Å²) in [5, 5.41) is 3.91. The highest BCUT2D eigenvalue weighted by Crippen LogP contribution is 2.24. The number of halogens is 1. The molecule has 0 bridgehead atoms. The van der Waals surface area contributed by atoms with E-state index in [4.69, 9.17) is 0 Å². The highest BCUT2D eigenvalue weighted by atomic mass is 32.2. The van der Waals surface area contributed by atoms with Gasteiger partial charge in [-0.1, -0.05) is 47.5 Å². The molecular formula is C23H22FN3O3S. The van der Waals surface area contributed by atoms with Crippen LogP contribution < -0.4 is 9.73 Å². The summed E-state index contributed by atoms with van der Waals surface area (Å²) in [6, 6.07) is 18.7. The molecule has 3 aromatic rings. The first-order valence-corrected chi connectivity index (χ1v) is 10.9. The number of sulfonamides is 1. The zero-order valence-corrected chi connectivity index (χ0v) is 17.9. The summed E-state index contributed by atoms with van der Waals surface area (Å²) in [6.45, 7) is 3.32. The van der Waals surface area contributed by atoms with Crippen molar-refractivity contribution < 1.29 is 17.6 Å². The maximum absolute atomic E-state index is 13.3. The lowest BCUT2D eigenvalue weighted by atomic mass is 10.2. The molecule has 1 N–H and O–H groups in total. The molecule has 0 radical (unpaired) electrons. The zero-order chi connectivity index (χ0) is 22.4. The maximum atomic E-state index is 13.3. The van der Waals surface area contributed by atoms with E-state index in [1.54, 1.807) is 24.3 Å². The fraction of sp³-hybridized carbons (Fsp3) is 0.130. The Morgan fingerprint density at radius 3 is 2.32 bits per heavy atom. The van der Waals surface area contributed by atoms with Gasteiger partial charge in [0, 0.05) is 0 Å². The third kappa shape index (κ3) is 5.76. The van der Waals surface area contributed by atoms with Crippen molar-refractivity contribution in [1.82, 2.24) is 5.43 Å². The number of carbonyl (C=O) groups is 1. The molecule has 0 saturated heterocycles. The van der Waals surface area contributed by atoms with Crippen LogP contribution in [-0.2, 0) is 14.8 Å². The van der Waals surface area contributed by atoms with E-state index in [1.165, 1.54) is 18.3 Å². The number of carbonyl (C=O) groups excluding carboxylic acids is 1. The van der Waals surface area contributed by atoms with E-state index in [-0.39, 0.29) is 4.90 Å². The summed E-state index contributed by atoms with van der Waals surface area (Å²) >= 11 is 0. The summed E-state index contributed by atoms with van der Waals surface area (Å²) in [7, 11) is -4.11. The molecule has 0 aliphatic heterocycles. The van der Waals surface area contributed by atoms with E-state index >= 15 is 0 Å². The van der Waals surface area contributed by atoms with E-state index in [2.05, 4.69) is 10.5 Å². The van der Waals surface area contributed by atoms with Crippen molar-refractivity contribution in [1.29, 1.82) is 0 Å². The first-order chi connectivity index (χ1) is 14.8. The second-order valence-electron chi connectivity index (χ2n) is 7.01. The van der Waals surface area contributed by atoms with Gasteiger partial charge >= 0.3 is 0 Å².